The van der Waals surface area contributed by atoms with Gasteiger partial charge in [0.15, 0.2) is 0 Å². The molecule has 3 nitrogen and oxygen atoms in total. The molecule has 1 aliphatic carbocycles. The molecule has 0 atom stereocenters. The minimum Gasteiger partial charge on any atom is -0.235 e. The number of thiophene rings is 1. The zero-order chi connectivity index (χ0) is 25.9. The molecule has 0 amide bonds. The summed E-state index contributed by atoms with van der Waals surface area (Å²) in [5.74, 6) is 0.650. The Morgan fingerprint density at radius 3 is 2.43 bits per heavy atom. The van der Waals surface area contributed by atoms with Gasteiger partial charge in [-0.25, -0.2) is 9.97 Å². The van der Waals surface area contributed by atoms with Gasteiger partial charge in [0.1, 0.15) is 6.33 Å². The summed E-state index contributed by atoms with van der Waals surface area (Å²) in [5, 5.41) is 13.0. The molecular weight excluding hydrogens is 470 g/mol. The van der Waals surface area contributed by atoms with Gasteiger partial charge in [0, 0.05) is 15.6 Å². The number of fused-ring (bicyclic) bond motifs is 4. The first-order valence-corrected chi connectivity index (χ1v) is 14.1. The van der Waals surface area contributed by atoms with Gasteiger partial charge in [-0.15, -0.1) is 11.3 Å². The molecule has 0 N–H and O–H groups in total. The Hall–Kier alpha value is -3.29. The van der Waals surface area contributed by atoms with Crippen LogP contribution in [0.4, 0.5) is 0 Å². The predicted molar refractivity (Wildman–Crippen MR) is 156 cm³/mol. The van der Waals surface area contributed by atoms with E-state index in [1.54, 1.807) is 6.33 Å². The van der Waals surface area contributed by atoms with Crippen LogP contribution < -0.4 is 0 Å². The number of hydrogen-bond acceptors (Lipinski definition) is 4. The molecule has 37 heavy (non-hydrogen) atoms. The van der Waals surface area contributed by atoms with Crippen molar-refractivity contribution >= 4 is 42.4 Å². The van der Waals surface area contributed by atoms with Crippen LogP contribution in [0.25, 0.3) is 42.3 Å². The molecule has 1 fully saturated rings. The number of nitrogens with zero attached hydrogens (tertiary/aromatic N) is 3. The lowest BCUT2D eigenvalue weighted by Crippen LogP contribution is -2.20. The third-order valence-electron chi connectivity index (χ3n) is 8.25. The van der Waals surface area contributed by atoms with E-state index in [0.717, 1.165) is 26.9 Å². The summed E-state index contributed by atoms with van der Waals surface area (Å²) in [6.45, 7) is 11.5. The number of benzene rings is 3. The highest BCUT2D eigenvalue weighted by Gasteiger charge is 2.28. The van der Waals surface area contributed by atoms with Crippen molar-refractivity contribution in [2.24, 2.45) is 5.41 Å². The van der Waals surface area contributed by atoms with Crippen molar-refractivity contribution in [2.45, 2.75) is 71.6 Å². The standard InChI is InChI=1S/C33H33N3S/c1-32(2,3)27-16-24(15-23-14-20(18-34)6-8-25(23)27)29-31-30(36-19-35-29)26-9-7-22(17-28(26)37-31)21-10-12-33(4,5)13-11-21/h6-9,14-17,19,21H,10-13H2,1-5H3. The highest BCUT2D eigenvalue weighted by Crippen LogP contribution is 2.45. The summed E-state index contributed by atoms with van der Waals surface area (Å²) in [4.78, 5) is 9.54. The van der Waals surface area contributed by atoms with Gasteiger partial charge >= 0.3 is 0 Å². The Balaban J connectivity index is 1.51. The van der Waals surface area contributed by atoms with Crippen molar-refractivity contribution in [3.05, 3.63) is 71.5 Å². The lowest BCUT2D eigenvalue weighted by molar-refractivity contribution is 0.224. The fourth-order valence-electron chi connectivity index (χ4n) is 5.98. The van der Waals surface area contributed by atoms with Gasteiger partial charge in [-0.05, 0) is 94.7 Å². The third-order valence-corrected chi connectivity index (χ3v) is 9.40. The van der Waals surface area contributed by atoms with Crippen LogP contribution in [0.15, 0.2) is 54.9 Å². The first-order valence-electron chi connectivity index (χ1n) is 13.3. The van der Waals surface area contributed by atoms with Gasteiger partial charge in [-0.2, -0.15) is 5.26 Å². The largest absolute Gasteiger partial charge is 0.235 e. The molecule has 186 valence electrons. The Labute approximate surface area is 223 Å². The predicted octanol–water partition coefficient (Wildman–Crippen LogP) is 9.52. The van der Waals surface area contributed by atoms with Crippen molar-refractivity contribution in [1.82, 2.24) is 9.97 Å². The molecule has 1 aliphatic rings. The van der Waals surface area contributed by atoms with Crippen LogP contribution >= 0.6 is 11.3 Å². The first kappa shape index (κ1) is 24.1. The minimum atomic E-state index is -0.0435. The van der Waals surface area contributed by atoms with E-state index in [-0.39, 0.29) is 5.41 Å². The second-order valence-electron chi connectivity index (χ2n) is 12.5. The van der Waals surface area contributed by atoms with Gasteiger partial charge in [-0.1, -0.05) is 52.8 Å². The highest BCUT2D eigenvalue weighted by molar-refractivity contribution is 7.26. The molecule has 4 heteroatoms. The van der Waals surface area contributed by atoms with E-state index in [1.807, 2.05) is 23.5 Å². The zero-order valence-electron chi connectivity index (χ0n) is 22.4. The van der Waals surface area contributed by atoms with E-state index in [0.29, 0.717) is 16.9 Å². The maximum Gasteiger partial charge on any atom is 0.116 e. The monoisotopic (exact) mass is 503 g/mol. The van der Waals surface area contributed by atoms with E-state index in [2.05, 4.69) is 77.1 Å². The molecular formula is C33H33N3S. The summed E-state index contributed by atoms with van der Waals surface area (Å²) >= 11 is 1.81. The fraction of sp³-hybridized carbons (Fsp3) is 0.364. The van der Waals surface area contributed by atoms with E-state index in [4.69, 9.17) is 9.97 Å². The van der Waals surface area contributed by atoms with Gasteiger partial charge in [0.2, 0.25) is 0 Å². The lowest BCUT2D eigenvalue weighted by Gasteiger charge is -2.34. The lowest BCUT2D eigenvalue weighted by atomic mass is 9.71. The number of rotatable bonds is 2. The maximum absolute atomic E-state index is 9.51. The van der Waals surface area contributed by atoms with Crippen LogP contribution in [0.3, 0.4) is 0 Å². The van der Waals surface area contributed by atoms with E-state index >= 15 is 0 Å². The molecule has 0 unspecified atom stereocenters. The zero-order valence-corrected chi connectivity index (χ0v) is 23.2. The summed E-state index contributed by atoms with van der Waals surface area (Å²) in [6, 6.07) is 19.8. The van der Waals surface area contributed by atoms with E-state index in [9.17, 15) is 5.26 Å². The van der Waals surface area contributed by atoms with Gasteiger partial charge in [0.05, 0.1) is 27.5 Å². The van der Waals surface area contributed by atoms with Crippen molar-refractivity contribution in [3.8, 4) is 17.3 Å². The molecule has 0 spiro atoms. The summed E-state index contributed by atoms with van der Waals surface area (Å²) in [6.07, 6.45) is 6.83. The molecule has 0 aliphatic heterocycles. The smallest absolute Gasteiger partial charge is 0.116 e. The van der Waals surface area contributed by atoms with Crippen molar-refractivity contribution in [2.75, 3.05) is 0 Å². The van der Waals surface area contributed by atoms with Gasteiger partial charge in [-0.3, -0.25) is 0 Å². The highest BCUT2D eigenvalue weighted by atomic mass is 32.1. The average molecular weight is 504 g/mol. The van der Waals surface area contributed by atoms with Crippen LogP contribution in [-0.4, -0.2) is 9.97 Å². The molecule has 3 aromatic carbocycles. The quantitative estimate of drug-likeness (QED) is 0.241. The molecule has 1 saturated carbocycles. The van der Waals surface area contributed by atoms with Crippen molar-refractivity contribution in [1.29, 1.82) is 5.26 Å². The van der Waals surface area contributed by atoms with Crippen LogP contribution in [0.5, 0.6) is 0 Å². The average Bonchev–Trinajstić information content (AvgIpc) is 3.25. The first-order chi connectivity index (χ1) is 17.6. The number of aromatic nitrogens is 2. The summed E-state index contributed by atoms with van der Waals surface area (Å²) in [5.41, 5.74) is 6.93. The van der Waals surface area contributed by atoms with Crippen molar-refractivity contribution < 1.29 is 0 Å². The van der Waals surface area contributed by atoms with Crippen LogP contribution in [0.2, 0.25) is 0 Å². The second-order valence-corrected chi connectivity index (χ2v) is 13.6. The van der Waals surface area contributed by atoms with Crippen molar-refractivity contribution in [3.63, 3.8) is 0 Å². The van der Waals surface area contributed by atoms with Crippen LogP contribution in [-0.2, 0) is 5.41 Å². The van der Waals surface area contributed by atoms with Crippen LogP contribution in [0, 0.1) is 16.7 Å². The van der Waals surface area contributed by atoms with E-state index in [1.165, 1.54) is 52.3 Å². The maximum atomic E-state index is 9.51. The summed E-state index contributed by atoms with van der Waals surface area (Å²) in [7, 11) is 0. The molecule has 0 bridgehead atoms. The molecule has 6 rings (SSSR count). The molecule has 0 radical (unpaired) electrons. The molecule has 5 aromatic rings. The minimum absolute atomic E-state index is 0.0435. The Kier molecular flexibility index (Phi) is 5.62. The Bertz CT molecular complexity index is 1700. The fourth-order valence-corrected chi connectivity index (χ4v) is 7.20. The van der Waals surface area contributed by atoms with E-state index < -0.39 is 0 Å². The third kappa shape index (κ3) is 4.30. The second kappa shape index (κ2) is 8.64. The number of nitriles is 1. The molecule has 0 saturated heterocycles. The normalized spacial score (nSPS) is 16.4. The SMILES string of the molecule is CC1(C)CCC(c2ccc3c(c2)sc2c(-c4cc(C(C)(C)C)c5ccc(C#N)cc5c4)ncnc23)CC1. The molecule has 2 aromatic heterocycles. The van der Waals surface area contributed by atoms with Gasteiger partial charge < -0.3 is 0 Å². The Morgan fingerprint density at radius 2 is 1.70 bits per heavy atom. The Morgan fingerprint density at radius 1 is 0.946 bits per heavy atom. The topological polar surface area (TPSA) is 49.6 Å². The molecule has 2 heterocycles. The van der Waals surface area contributed by atoms with Gasteiger partial charge in [0.25, 0.3) is 0 Å². The van der Waals surface area contributed by atoms with Crippen LogP contribution in [0.1, 0.15) is 82.9 Å². The summed E-state index contributed by atoms with van der Waals surface area (Å²) < 4.78 is 2.43. The number of hydrogen-bond donors (Lipinski definition) is 0.